The molecule has 2 N–H and O–H groups in total. The predicted molar refractivity (Wildman–Crippen MR) is 186 cm³/mol. The molecule has 0 unspecified atom stereocenters. The van der Waals surface area contributed by atoms with Crippen LogP contribution in [0.25, 0.3) is 6.08 Å². The number of amides is 3. The number of halogens is 1. The van der Waals surface area contributed by atoms with Crippen LogP contribution in [-0.2, 0) is 9.59 Å². The minimum Gasteiger partial charge on any atom is -0.321 e. The summed E-state index contributed by atoms with van der Waals surface area (Å²) in [5.74, 6) is -0.713. The molecule has 9 heteroatoms. The van der Waals surface area contributed by atoms with Crippen molar-refractivity contribution in [3.05, 3.63) is 149 Å². The van der Waals surface area contributed by atoms with Crippen molar-refractivity contribution in [1.29, 1.82) is 0 Å². The highest BCUT2D eigenvalue weighted by Gasteiger charge is 2.27. The van der Waals surface area contributed by atoms with Crippen molar-refractivity contribution in [3.8, 4) is 0 Å². The van der Waals surface area contributed by atoms with E-state index in [0.717, 1.165) is 36.1 Å². The SMILES string of the molecule is O=C(Nc1cccc(SCC(=O)N2c3ccccc3Sc3ccccc32)c1)/C(=C\c1cccc(Br)c1)NC(=O)c1ccccc1. The molecule has 45 heavy (non-hydrogen) atoms. The van der Waals surface area contributed by atoms with Crippen molar-refractivity contribution < 1.29 is 14.4 Å². The number of benzene rings is 5. The molecule has 6 nitrogen and oxygen atoms in total. The van der Waals surface area contributed by atoms with E-state index >= 15 is 0 Å². The highest BCUT2D eigenvalue weighted by molar-refractivity contribution is 9.10. The molecule has 222 valence electrons. The van der Waals surface area contributed by atoms with E-state index in [1.807, 2.05) is 97.1 Å². The van der Waals surface area contributed by atoms with Gasteiger partial charge in [0, 0.05) is 30.4 Å². The van der Waals surface area contributed by atoms with E-state index in [4.69, 9.17) is 0 Å². The van der Waals surface area contributed by atoms with Crippen LogP contribution in [-0.4, -0.2) is 23.5 Å². The fraction of sp³-hybridized carbons (Fsp3) is 0.0278. The second kappa shape index (κ2) is 14.0. The molecule has 0 fully saturated rings. The van der Waals surface area contributed by atoms with Gasteiger partial charge in [0.25, 0.3) is 11.8 Å². The number of anilines is 3. The summed E-state index contributed by atoms with van der Waals surface area (Å²) in [4.78, 5) is 44.8. The second-order valence-corrected chi connectivity index (χ2v) is 13.0. The van der Waals surface area contributed by atoms with Crippen molar-refractivity contribution in [3.63, 3.8) is 0 Å². The summed E-state index contributed by atoms with van der Waals surface area (Å²) < 4.78 is 0.847. The standard InChI is InChI=1S/C36H26BrN3O3S2/c37-26-13-8-10-24(20-26)21-29(39-35(42)25-11-2-1-3-12-25)36(43)38-27-14-9-15-28(22-27)44-23-34(41)40-30-16-4-6-18-32(30)45-33-19-7-5-17-31(33)40/h1-22H,23H2,(H,38,43)(H,39,42)/b29-21+. The van der Waals surface area contributed by atoms with Crippen LogP contribution in [0.2, 0.25) is 0 Å². The highest BCUT2D eigenvalue weighted by atomic mass is 79.9. The quantitative estimate of drug-likeness (QED) is 0.126. The molecule has 0 saturated carbocycles. The zero-order chi connectivity index (χ0) is 31.2. The normalized spacial score (nSPS) is 12.1. The lowest BCUT2D eigenvalue weighted by Gasteiger charge is -2.31. The number of carbonyl (C=O) groups excluding carboxylic acids is 3. The maximum Gasteiger partial charge on any atom is 0.272 e. The first-order valence-electron chi connectivity index (χ1n) is 14.0. The van der Waals surface area contributed by atoms with E-state index in [0.29, 0.717) is 11.3 Å². The Morgan fingerprint density at radius 2 is 1.42 bits per heavy atom. The molecule has 0 radical (unpaired) electrons. The summed E-state index contributed by atoms with van der Waals surface area (Å²) in [6.07, 6.45) is 1.63. The predicted octanol–water partition coefficient (Wildman–Crippen LogP) is 8.78. The van der Waals surface area contributed by atoms with Crippen LogP contribution in [0, 0.1) is 0 Å². The first-order valence-corrected chi connectivity index (χ1v) is 16.6. The van der Waals surface area contributed by atoms with Crippen LogP contribution in [0.3, 0.4) is 0 Å². The van der Waals surface area contributed by atoms with E-state index in [2.05, 4.69) is 26.6 Å². The third kappa shape index (κ3) is 7.39. The number of thioether (sulfide) groups is 1. The summed E-state index contributed by atoms with van der Waals surface area (Å²) in [5, 5.41) is 5.67. The number of rotatable bonds is 8. The first kappa shape index (κ1) is 30.5. The summed E-state index contributed by atoms with van der Waals surface area (Å²) in [5.41, 5.74) is 3.55. The van der Waals surface area contributed by atoms with Crippen LogP contribution in [0.1, 0.15) is 15.9 Å². The van der Waals surface area contributed by atoms with E-state index in [1.54, 1.807) is 53.1 Å². The summed E-state index contributed by atoms with van der Waals surface area (Å²) in [6, 6.07) is 39.3. The van der Waals surface area contributed by atoms with E-state index < -0.39 is 11.8 Å². The summed E-state index contributed by atoms with van der Waals surface area (Å²) in [7, 11) is 0. The minimum atomic E-state index is -0.475. The first-order chi connectivity index (χ1) is 21.9. The van der Waals surface area contributed by atoms with Crippen molar-refractivity contribution in [2.75, 3.05) is 16.0 Å². The average molecular weight is 693 g/mol. The maximum atomic E-state index is 13.6. The number of nitrogens with one attached hydrogen (secondary N) is 2. The molecule has 0 aliphatic carbocycles. The van der Waals surface area contributed by atoms with Crippen LogP contribution in [0.5, 0.6) is 0 Å². The Kier molecular flexibility index (Phi) is 9.49. The Hall–Kier alpha value is -4.57. The van der Waals surface area contributed by atoms with E-state index in [9.17, 15) is 14.4 Å². The zero-order valence-corrected chi connectivity index (χ0v) is 27.0. The van der Waals surface area contributed by atoms with Crippen molar-refractivity contribution >= 4 is 80.3 Å². The molecule has 3 amide bonds. The van der Waals surface area contributed by atoms with Crippen LogP contribution >= 0.6 is 39.5 Å². The molecule has 0 saturated heterocycles. The Balaban J connectivity index is 1.18. The van der Waals surface area contributed by atoms with Crippen LogP contribution in [0.15, 0.2) is 152 Å². The number of hydrogen-bond acceptors (Lipinski definition) is 5. The Bertz CT molecular complexity index is 1880. The van der Waals surface area contributed by atoms with Gasteiger partial charge in [-0.2, -0.15) is 0 Å². The van der Waals surface area contributed by atoms with Gasteiger partial charge in [0.15, 0.2) is 0 Å². The van der Waals surface area contributed by atoms with Crippen LogP contribution < -0.4 is 15.5 Å². The maximum absolute atomic E-state index is 13.6. The third-order valence-electron chi connectivity index (χ3n) is 6.82. The fourth-order valence-electron chi connectivity index (χ4n) is 4.75. The lowest BCUT2D eigenvalue weighted by atomic mass is 10.1. The third-order valence-corrected chi connectivity index (χ3v) is 9.43. The van der Waals surface area contributed by atoms with Crippen molar-refractivity contribution in [2.24, 2.45) is 0 Å². The number of nitrogens with zero attached hydrogens (tertiary/aromatic N) is 1. The van der Waals surface area contributed by atoms with Crippen molar-refractivity contribution in [1.82, 2.24) is 5.32 Å². The molecule has 1 aliphatic rings. The van der Waals surface area contributed by atoms with Gasteiger partial charge in [0.05, 0.1) is 17.1 Å². The topological polar surface area (TPSA) is 78.5 Å². The molecule has 0 atom stereocenters. The monoisotopic (exact) mass is 691 g/mol. The van der Waals surface area contributed by atoms with Gasteiger partial charge in [-0.25, -0.2) is 0 Å². The molecule has 1 heterocycles. The average Bonchev–Trinajstić information content (AvgIpc) is 3.06. The minimum absolute atomic E-state index is 0.0440. The lowest BCUT2D eigenvalue weighted by molar-refractivity contribution is -0.115. The second-order valence-electron chi connectivity index (χ2n) is 9.97. The highest BCUT2D eigenvalue weighted by Crippen LogP contribution is 2.48. The molecule has 1 aliphatic heterocycles. The molecular weight excluding hydrogens is 666 g/mol. The molecule has 0 bridgehead atoms. The van der Waals surface area contributed by atoms with Crippen molar-refractivity contribution in [2.45, 2.75) is 14.7 Å². The zero-order valence-electron chi connectivity index (χ0n) is 23.8. The molecule has 5 aromatic carbocycles. The Labute approximate surface area is 278 Å². The van der Waals surface area contributed by atoms with Gasteiger partial charge in [-0.3, -0.25) is 19.3 Å². The number of fused-ring (bicyclic) bond motifs is 2. The number of para-hydroxylation sites is 2. The smallest absolute Gasteiger partial charge is 0.272 e. The van der Waals surface area contributed by atoms with Gasteiger partial charge in [-0.1, -0.05) is 88.4 Å². The van der Waals surface area contributed by atoms with Gasteiger partial charge in [0.2, 0.25) is 5.91 Å². The summed E-state index contributed by atoms with van der Waals surface area (Å²) >= 11 is 6.51. The molecular formula is C36H26BrN3O3S2. The Morgan fingerprint density at radius 1 is 0.756 bits per heavy atom. The molecule has 6 rings (SSSR count). The van der Waals surface area contributed by atoms with Crippen LogP contribution in [0.4, 0.5) is 17.1 Å². The molecule has 5 aromatic rings. The van der Waals surface area contributed by atoms with Gasteiger partial charge in [-0.05, 0) is 78.4 Å². The lowest BCUT2D eigenvalue weighted by Crippen LogP contribution is -2.30. The number of hydrogen-bond donors (Lipinski definition) is 2. The van der Waals surface area contributed by atoms with Gasteiger partial charge in [-0.15, -0.1) is 11.8 Å². The molecule has 0 spiro atoms. The van der Waals surface area contributed by atoms with Gasteiger partial charge in [0.1, 0.15) is 5.70 Å². The largest absolute Gasteiger partial charge is 0.321 e. The Morgan fingerprint density at radius 3 is 2.13 bits per heavy atom. The fourth-order valence-corrected chi connectivity index (χ4v) is 7.03. The van der Waals surface area contributed by atoms with E-state index in [-0.39, 0.29) is 17.4 Å². The molecule has 0 aromatic heterocycles. The van der Waals surface area contributed by atoms with E-state index in [1.165, 1.54) is 11.8 Å². The number of carbonyl (C=O) groups is 3. The van der Waals surface area contributed by atoms with Gasteiger partial charge < -0.3 is 10.6 Å². The summed E-state index contributed by atoms with van der Waals surface area (Å²) in [6.45, 7) is 0. The van der Waals surface area contributed by atoms with Gasteiger partial charge >= 0.3 is 0 Å².